The van der Waals surface area contributed by atoms with E-state index in [2.05, 4.69) is 71.1 Å². The highest BCUT2D eigenvalue weighted by Gasteiger charge is 2.64. The van der Waals surface area contributed by atoms with Gasteiger partial charge in [0.05, 0.1) is 0 Å². The second-order valence-corrected chi connectivity index (χ2v) is 6.91. The van der Waals surface area contributed by atoms with Crippen molar-refractivity contribution in [1.29, 1.82) is 0 Å². The first-order valence-electron chi connectivity index (χ1n) is 7.13. The monoisotopic (exact) mass is 245 g/mol. The Balaban J connectivity index is 2.10. The quantitative estimate of drug-likeness (QED) is 0.825. The molecule has 18 heavy (non-hydrogen) atoms. The van der Waals surface area contributed by atoms with Crippen molar-refractivity contribution in [3.63, 3.8) is 0 Å². The van der Waals surface area contributed by atoms with E-state index >= 15 is 0 Å². The van der Waals surface area contributed by atoms with Gasteiger partial charge in [0.15, 0.2) is 0 Å². The maximum atomic E-state index is 3.86. The van der Waals surface area contributed by atoms with Crippen LogP contribution >= 0.6 is 0 Å². The maximum Gasteiger partial charge on any atom is 0.0320 e. The van der Waals surface area contributed by atoms with Crippen molar-refractivity contribution in [2.24, 2.45) is 10.8 Å². The van der Waals surface area contributed by atoms with Gasteiger partial charge in [-0.1, -0.05) is 64.4 Å². The molecule has 1 saturated carbocycles. The first-order chi connectivity index (χ1) is 8.30. The number of rotatable bonds is 4. The van der Waals surface area contributed by atoms with Crippen LogP contribution in [0.1, 0.15) is 58.2 Å². The Bertz CT molecular complexity index is 400. The summed E-state index contributed by atoms with van der Waals surface area (Å²) in [4.78, 5) is 0. The average molecular weight is 245 g/mol. The molecule has 1 aromatic rings. The van der Waals surface area contributed by atoms with Crippen molar-refractivity contribution in [3.8, 4) is 0 Å². The minimum absolute atomic E-state index is 0.408. The van der Waals surface area contributed by atoms with Gasteiger partial charge in [-0.3, -0.25) is 0 Å². The summed E-state index contributed by atoms with van der Waals surface area (Å²) in [5.41, 5.74) is 3.57. The molecule has 0 spiro atoms. The molecule has 1 nitrogen and oxygen atoms in total. The second kappa shape index (κ2) is 4.38. The molecule has 0 aliphatic heterocycles. The Labute approximate surface area is 112 Å². The molecule has 1 aromatic carbocycles. The first-order valence-corrected chi connectivity index (χ1v) is 7.13. The lowest BCUT2D eigenvalue weighted by molar-refractivity contribution is 0.457. The van der Waals surface area contributed by atoms with Crippen LogP contribution < -0.4 is 5.32 Å². The summed E-state index contributed by atoms with van der Waals surface area (Å²) in [6.45, 7) is 13.9. The van der Waals surface area contributed by atoms with Gasteiger partial charge in [-0.25, -0.2) is 0 Å². The second-order valence-electron chi connectivity index (χ2n) is 6.91. The molecule has 1 heteroatoms. The van der Waals surface area contributed by atoms with E-state index in [0.29, 0.717) is 22.9 Å². The van der Waals surface area contributed by atoms with Gasteiger partial charge in [-0.05, 0) is 29.7 Å². The molecule has 0 bridgehead atoms. The summed E-state index contributed by atoms with van der Waals surface area (Å²) in [5.74, 6) is 0. The topological polar surface area (TPSA) is 12.0 Å². The highest BCUT2D eigenvalue weighted by atomic mass is 15.1. The minimum Gasteiger partial charge on any atom is -0.306 e. The number of hydrogen-bond donors (Lipinski definition) is 1. The summed E-state index contributed by atoms with van der Waals surface area (Å²) in [6.07, 6.45) is 1.14. The minimum atomic E-state index is 0.408. The van der Waals surface area contributed by atoms with Crippen LogP contribution in [0.4, 0.5) is 0 Å². The van der Waals surface area contributed by atoms with Gasteiger partial charge in [0.25, 0.3) is 0 Å². The normalized spacial score (nSPS) is 22.8. The third-order valence-electron chi connectivity index (χ3n) is 5.28. The molecule has 0 saturated heterocycles. The van der Waals surface area contributed by atoms with Crippen LogP contribution in [0.15, 0.2) is 24.3 Å². The summed E-state index contributed by atoms with van der Waals surface area (Å²) >= 11 is 0. The van der Waals surface area contributed by atoms with Crippen LogP contribution in [0.2, 0.25) is 0 Å². The van der Waals surface area contributed by atoms with Gasteiger partial charge in [-0.2, -0.15) is 0 Å². The average Bonchev–Trinajstić information content (AvgIpc) is 2.69. The van der Waals surface area contributed by atoms with Crippen molar-refractivity contribution < 1.29 is 0 Å². The molecule has 1 fully saturated rings. The summed E-state index contributed by atoms with van der Waals surface area (Å²) < 4.78 is 0. The van der Waals surface area contributed by atoms with Crippen LogP contribution in [0.3, 0.4) is 0 Å². The molecule has 1 aliphatic carbocycles. The van der Waals surface area contributed by atoms with Crippen LogP contribution in [-0.2, 0) is 0 Å². The van der Waals surface area contributed by atoms with Gasteiger partial charge in [0.2, 0.25) is 0 Å². The molecular formula is C17H27N. The van der Waals surface area contributed by atoms with Crippen molar-refractivity contribution in [2.45, 2.75) is 60.0 Å². The fourth-order valence-corrected chi connectivity index (χ4v) is 3.06. The Kier molecular flexibility index (Phi) is 3.31. The van der Waals surface area contributed by atoms with E-state index in [-0.39, 0.29) is 0 Å². The van der Waals surface area contributed by atoms with Crippen LogP contribution in [0.5, 0.6) is 0 Å². The zero-order valence-corrected chi connectivity index (χ0v) is 12.7. The van der Waals surface area contributed by atoms with E-state index in [0.717, 1.165) is 6.42 Å². The number of nitrogens with one attached hydrogen (secondary N) is 1. The Morgan fingerprint density at radius 2 is 1.56 bits per heavy atom. The zero-order valence-electron chi connectivity index (χ0n) is 12.7. The fourth-order valence-electron chi connectivity index (χ4n) is 3.06. The lowest BCUT2D eigenvalue weighted by Crippen LogP contribution is -2.27. The fraction of sp³-hybridized carbons (Fsp3) is 0.647. The van der Waals surface area contributed by atoms with Gasteiger partial charge >= 0.3 is 0 Å². The van der Waals surface area contributed by atoms with E-state index in [1.165, 1.54) is 11.1 Å². The molecular weight excluding hydrogens is 218 g/mol. The molecule has 1 atom stereocenters. The van der Waals surface area contributed by atoms with E-state index < -0.39 is 0 Å². The summed E-state index contributed by atoms with van der Waals surface area (Å²) in [7, 11) is 0. The third kappa shape index (κ3) is 2.09. The molecule has 100 valence electrons. The van der Waals surface area contributed by atoms with E-state index in [1.54, 1.807) is 0 Å². The number of aryl methyl sites for hydroxylation is 1. The molecule has 0 amide bonds. The maximum absolute atomic E-state index is 3.86. The zero-order chi connectivity index (χ0) is 13.6. The number of hydrogen-bond acceptors (Lipinski definition) is 1. The summed E-state index contributed by atoms with van der Waals surface area (Å²) in [5, 5.41) is 3.86. The van der Waals surface area contributed by atoms with Crippen LogP contribution in [0.25, 0.3) is 0 Å². The summed E-state index contributed by atoms with van der Waals surface area (Å²) in [6, 6.07) is 10.1. The van der Waals surface area contributed by atoms with Crippen molar-refractivity contribution >= 4 is 0 Å². The molecule has 1 aliphatic rings. The van der Waals surface area contributed by atoms with Gasteiger partial charge in [0.1, 0.15) is 0 Å². The molecule has 1 unspecified atom stereocenters. The van der Waals surface area contributed by atoms with E-state index in [4.69, 9.17) is 0 Å². The van der Waals surface area contributed by atoms with Crippen LogP contribution in [0, 0.1) is 17.8 Å². The number of benzene rings is 1. The molecule has 1 N–H and O–H groups in total. The largest absolute Gasteiger partial charge is 0.306 e. The Morgan fingerprint density at radius 1 is 1.06 bits per heavy atom. The smallest absolute Gasteiger partial charge is 0.0320 e. The molecule has 0 radical (unpaired) electrons. The Morgan fingerprint density at radius 3 is 1.94 bits per heavy atom. The van der Waals surface area contributed by atoms with Crippen LogP contribution in [-0.4, -0.2) is 6.04 Å². The van der Waals surface area contributed by atoms with Crippen molar-refractivity contribution in [2.75, 3.05) is 0 Å². The van der Waals surface area contributed by atoms with E-state index in [9.17, 15) is 0 Å². The SMILES string of the molecule is CCC(NC1C(C)(C)C1(C)C)c1ccc(C)cc1. The van der Waals surface area contributed by atoms with Crippen molar-refractivity contribution in [1.82, 2.24) is 5.32 Å². The third-order valence-corrected chi connectivity index (χ3v) is 5.28. The standard InChI is InChI=1S/C17H27N/c1-7-14(13-10-8-12(2)9-11-13)18-15-16(3,4)17(15,5)6/h8-11,14-15,18H,7H2,1-6H3. The molecule has 2 rings (SSSR count). The van der Waals surface area contributed by atoms with Gasteiger partial charge in [-0.15, -0.1) is 0 Å². The predicted octanol–water partition coefficient (Wildman–Crippen LogP) is 4.47. The van der Waals surface area contributed by atoms with Gasteiger partial charge < -0.3 is 5.32 Å². The Hall–Kier alpha value is -0.820. The predicted molar refractivity (Wildman–Crippen MR) is 78.7 cm³/mol. The molecule has 0 aromatic heterocycles. The lowest BCUT2D eigenvalue weighted by atomic mass is 10.0. The van der Waals surface area contributed by atoms with Gasteiger partial charge in [0, 0.05) is 12.1 Å². The first kappa shape index (κ1) is 13.6. The van der Waals surface area contributed by atoms with E-state index in [1.807, 2.05) is 0 Å². The van der Waals surface area contributed by atoms with Crippen molar-refractivity contribution in [3.05, 3.63) is 35.4 Å². The highest BCUT2D eigenvalue weighted by Crippen LogP contribution is 2.63. The lowest BCUT2D eigenvalue weighted by Gasteiger charge is -2.19. The molecule has 0 heterocycles. The highest BCUT2D eigenvalue weighted by molar-refractivity contribution is 5.26.